The van der Waals surface area contributed by atoms with Crippen molar-refractivity contribution in [2.24, 2.45) is 5.73 Å². The van der Waals surface area contributed by atoms with Crippen LogP contribution in [0.3, 0.4) is 0 Å². The van der Waals surface area contributed by atoms with Gasteiger partial charge in [0.05, 0.1) is 11.7 Å². The first-order valence-corrected chi connectivity index (χ1v) is 5.42. The number of aromatic hydroxyl groups is 1. The molecular weight excluding hydrogens is 246 g/mol. The second-order valence-electron chi connectivity index (χ2n) is 3.64. The van der Waals surface area contributed by atoms with Gasteiger partial charge in [-0.2, -0.15) is 0 Å². The van der Waals surface area contributed by atoms with Crippen LogP contribution in [0, 0.1) is 0 Å². The fourth-order valence-corrected chi connectivity index (χ4v) is 1.73. The highest BCUT2D eigenvalue weighted by Gasteiger charge is 2.22. The lowest BCUT2D eigenvalue weighted by atomic mass is 9.99. The summed E-state index contributed by atoms with van der Waals surface area (Å²) >= 11 is 5.74. The normalized spacial score (nSPS) is 14.4. The number of benzene rings is 1. The Morgan fingerprint density at radius 1 is 1.41 bits per heavy atom. The molecule has 0 fully saturated rings. The number of carbonyl (C=O) groups is 1. The Labute approximate surface area is 103 Å². The van der Waals surface area contributed by atoms with Crippen LogP contribution in [0.1, 0.15) is 28.4 Å². The number of rotatable bonds is 5. The monoisotopic (exact) mass is 259 g/mol. The zero-order valence-electron chi connectivity index (χ0n) is 9.01. The Hall–Kier alpha value is -1.14. The van der Waals surface area contributed by atoms with Crippen LogP contribution >= 0.6 is 11.6 Å². The molecule has 5 nitrogen and oxygen atoms in total. The fraction of sp³-hybridized carbons (Fsp3) is 0.364. The van der Waals surface area contributed by atoms with Gasteiger partial charge in [0.1, 0.15) is 11.9 Å². The van der Waals surface area contributed by atoms with Crippen molar-refractivity contribution in [3.05, 3.63) is 28.3 Å². The molecule has 0 aliphatic carbocycles. The van der Waals surface area contributed by atoms with Crippen molar-refractivity contribution in [1.29, 1.82) is 0 Å². The predicted molar refractivity (Wildman–Crippen MR) is 63.1 cm³/mol. The molecule has 6 heteroatoms. The smallest absolute Gasteiger partial charge is 0.153 e. The van der Waals surface area contributed by atoms with Crippen molar-refractivity contribution in [3.63, 3.8) is 0 Å². The number of aldehydes is 1. The Morgan fingerprint density at radius 2 is 2.06 bits per heavy atom. The van der Waals surface area contributed by atoms with E-state index in [2.05, 4.69) is 0 Å². The highest BCUT2D eigenvalue weighted by molar-refractivity contribution is 6.31. The van der Waals surface area contributed by atoms with E-state index in [1.165, 1.54) is 12.1 Å². The highest BCUT2D eigenvalue weighted by atomic mass is 35.5. The summed E-state index contributed by atoms with van der Waals surface area (Å²) in [6.07, 6.45) is -1.86. The van der Waals surface area contributed by atoms with Gasteiger partial charge in [0.25, 0.3) is 0 Å². The summed E-state index contributed by atoms with van der Waals surface area (Å²) in [4.78, 5) is 10.7. The Morgan fingerprint density at radius 3 is 2.59 bits per heavy atom. The van der Waals surface area contributed by atoms with E-state index < -0.39 is 12.2 Å². The number of hydrogen-bond acceptors (Lipinski definition) is 5. The van der Waals surface area contributed by atoms with Crippen LogP contribution in [0.5, 0.6) is 5.75 Å². The molecule has 94 valence electrons. The van der Waals surface area contributed by atoms with Gasteiger partial charge in [-0.3, -0.25) is 4.79 Å². The van der Waals surface area contributed by atoms with Crippen LogP contribution in [0.15, 0.2) is 12.1 Å². The zero-order chi connectivity index (χ0) is 13.0. The molecule has 0 heterocycles. The van der Waals surface area contributed by atoms with Gasteiger partial charge >= 0.3 is 0 Å². The largest absolute Gasteiger partial charge is 0.507 e. The maximum absolute atomic E-state index is 10.7. The third kappa shape index (κ3) is 3.17. The number of phenolic OH excluding ortho intramolecular Hbond substituents is 1. The molecule has 0 aromatic heterocycles. The van der Waals surface area contributed by atoms with Crippen LogP contribution in [0.25, 0.3) is 0 Å². The molecule has 1 rings (SSSR count). The van der Waals surface area contributed by atoms with Crippen molar-refractivity contribution in [3.8, 4) is 5.75 Å². The van der Waals surface area contributed by atoms with Crippen LogP contribution in [-0.2, 0) is 0 Å². The van der Waals surface area contributed by atoms with Gasteiger partial charge < -0.3 is 21.1 Å². The molecule has 0 saturated carbocycles. The lowest BCUT2D eigenvalue weighted by Gasteiger charge is -2.19. The van der Waals surface area contributed by atoms with E-state index in [1.807, 2.05) is 0 Å². The minimum absolute atomic E-state index is 0.0144. The molecule has 17 heavy (non-hydrogen) atoms. The predicted octanol–water partition coefficient (Wildman–Crippen LogP) is 0.601. The number of aliphatic hydroxyl groups excluding tert-OH is 2. The SMILES string of the molecule is NCCC(O)C(O)c1cc(Cl)cc(C=O)c1O. The molecule has 0 saturated heterocycles. The lowest BCUT2D eigenvalue weighted by Crippen LogP contribution is -2.22. The minimum atomic E-state index is -1.34. The third-order valence-corrected chi connectivity index (χ3v) is 2.62. The summed E-state index contributed by atoms with van der Waals surface area (Å²) in [5.41, 5.74) is 5.23. The van der Waals surface area contributed by atoms with Crippen molar-refractivity contribution >= 4 is 17.9 Å². The van der Waals surface area contributed by atoms with Gasteiger partial charge in [0.2, 0.25) is 0 Å². The number of halogens is 1. The second kappa shape index (κ2) is 5.97. The molecule has 2 atom stereocenters. The van der Waals surface area contributed by atoms with Gasteiger partial charge in [-0.1, -0.05) is 11.6 Å². The average molecular weight is 260 g/mol. The molecule has 0 amide bonds. The van der Waals surface area contributed by atoms with E-state index in [9.17, 15) is 20.1 Å². The first-order chi connectivity index (χ1) is 8.01. The van der Waals surface area contributed by atoms with Gasteiger partial charge in [-0.25, -0.2) is 0 Å². The molecule has 0 bridgehead atoms. The number of carbonyl (C=O) groups excluding carboxylic acids is 1. The van der Waals surface area contributed by atoms with Crippen molar-refractivity contribution in [2.45, 2.75) is 18.6 Å². The standard InChI is InChI=1S/C11H14ClNO4/c12-7-3-6(5-14)10(16)8(4-7)11(17)9(15)1-2-13/h3-5,9,11,15-17H,1-2,13H2. The fourth-order valence-electron chi connectivity index (χ4n) is 1.49. The molecule has 2 unspecified atom stereocenters. The maximum atomic E-state index is 10.7. The van der Waals surface area contributed by atoms with Gasteiger partial charge in [-0.05, 0) is 25.1 Å². The summed E-state index contributed by atoms with van der Waals surface area (Å²) in [6, 6.07) is 2.57. The first kappa shape index (κ1) is 13.9. The summed E-state index contributed by atoms with van der Waals surface area (Å²) in [5.74, 6) is -0.382. The topological polar surface area (TPSA) is 104 Å². The summed E-state index contributed by atoms with van der Waals surface area (Å²) in [6.45, 7) is 0.195. The highest BCUT2D eigenvalue weighted by Crippen LogP contribution is 2.32. The van der Waals surface area contributed by atoms with Gasteiger partial charge in [0, 0.05) is 10.6 Å². The van der Waals surface area contributed by atoms with E-state index in [-0.39, 0.29) is 34.9 Å². The molecule has 0 aliphatic rings. The molecule has 0 aliphatic heterocycles. The van der Waals surface area contributed by atoms with E-state index in [4.69, 9.17) is 17.3 Å². The van der Waals surface area contributed by atoms with Crippen LogP contribution < -0.4 is 5.73 Å². The Bertz CT molecular complexity index is 411. The van der Waals surface area contributed by atoms with Crippen molar-refractivity contribution in [2.75, 3.05) is 6.54 Å². The lowest BCUT2D eigenvalue weighted by molar-refractivity contribution is 0.0137. The summed E-state index contributed by atoms with van der Waals surface area (Å²) in [5, 5.41) is 29.3. The third-order valence-electron chi connectivity index (χ3n) is 2.41. The number of hydrogen-bond donors (Lipinski definition) is 4. The molecule has 1 aromatic rings. The first-order valence-electron chi connectivity index (χ1n) is 5.05. The van der Waals surface area contributed by atoms with Crippen molar-refractivity contribution in [1.82, 2.24) is 0 Å². The van der Waals surface area contributed by atoms with E-state index in [0.717, 1.165) is 0 Å². The summed E-state index contributed by atoms with van der Waals surface area (Å²) < 4.78 is 0. The minimum Gasteiger partial charge on any atom is -0.507 e. The van der Waals surface area contributed by atoms with E-state index >= 15 is 0 Å². The van der Waals surface area contributed by atoms with Gasteiger partial charge in [-0.15, -0.1) is 0 Å². The van der Waals surface area contributed by atoms with E-state index in [1.54, 1.807) is 0 Å². The van der Waals surface area contributed by atoms with Crippen LogP contribution in [0.2, 0.25) is 5.02 Å². The molecule has 1 aromatic carbocycles. The Kier molecular flexibility index (Phi) is 4.89. The van der Waals surface area contributed by atoms with Crippen LogP contribution in [0.4, 0.5) is 0 Å². The number of phenols is 1. The van der Waals surface area contributed by atoms with Crippen molar-refractivity contribution < 1.29 is 20.1 Å². The van der Waals surface area contributed by atoms with Gasteiger partial charge in [0.15, 0.2) is 6.29 Å². The average Bonchev–Trinajstić information content (AvgIpc) is 2.31. The second-order valence-corrected chi connectivity index (χ2v) is 4.08. The maximum Gasteiger partial charge on any atom is 0.153 e. The molecular formula is C11H14ClNO4. The zero-order valence-corrected chi connectivity index (χ0v) is 9.76. The number of aliphatic hydroxyl groups is 2. The quantitative estimate of drug-likeness (QED) is 0.580. The molecule has 5 N–H and O–H groups in total. The summed E-state index contributed by atoms with van der Waals surface area (Å²) in [7, 11) is 0. The number of nitrogens with two attached hydrogens (primary N) is 1. The Balaban J connectivity index is 3.12. The molecule has 0 radical (unpaired) electrons. The molecule has 0 spiro atoms. The van der Waals surface area contributed by atoms with Crippen LogP contribution in [-0.4, -0.2) is 34.3 Å². The van der Waals surface area contributed by atoms with E-state index in [0.29, 0.717) is 6.29 Å².